The van der Waals surface area contributed by atoms with E-state index in [1.165, 1.54) is 0 Å². The van der Waals surface area contributed by atoms with Crippen molar-refractivity contribution in [1.29, 1.82) is 0 Å². The molecule has 0 heterocycles. The van der Waals surface area contributed by atoms with Crippen LogP contribution >= 0.6 is 58.0 Å². The zero-order valence-electron chi connectivity index (χ0n) is 4.52. The molecule has 0 aromatic rings. The SMILES string of the molecule is FC(F)(Cl)[C@@](F)(Cl)C(Cl)(Cl)Cl. The second kappa shape index (κ2) is 3.18. The molecular weight excluding hydrogens is 270 g/mol. The van der Waals surface area contributed by atoms with Crippen molar-refractivity contribution in [2.45, 2.75) is 14.3 Å². The predicted molar refractivity (Wildman–Crippen MR) is 40.8 cm³/mol. The van der Waals surface area contributed by atoms with Crippen molar-refractivity contribution in [3.63, 3.8) is 0 Å². The highest BCUT2D eigenvalue weighted by atomic mass is 35.6. The fourth-order valence-corrected chi connectivity index (χ4v) is 0.804. The summed E-state index contributed by atoms with van der Waals surface area (Å²) in [6.45, 7) is 0. The van der Waals surface area contributed by atoms with Crippen LogP contribution in [0.25, 0.3) is 0 Å². The van der Waals surface area contributed by atoms with Gasteiger partial charge in [-0.15, -0.1) is 0 Å². The predicted octanol–water partition coefficient (Wildman–Crippen LogP) is 4.09. The standard InChI is InChI=1S/C3Cl5F3/c4-1(9,2(5,6)7)3(8,10)11/t1-/m1/s1. The third kappa shape index (κ3) is 2.59. The third-order valence-electron chi connectivity index (χ3n) is 0.712. The van der Waals surface area contributed by atoms with Gasteiger partial charge < -0.3 is 0 Å². The van der Waals surface area contributed by atoms with Gasteiger partial charge in [0, 0.05) is 0 Å². The summed E-state index contributed by atoms with van der Waals surface area (Å²) < 4.78 is 33.6. The van der Waals surface area contributed by atoms with Crippen LogP contribution < -0.4 is 0 Å². The molecule has 0 rings (SSSR count). The van der Waals surface area contributed by atoms with Gasteiger partial charge in [-0.25, -0.2) is 4.39 Å². The normalized spacial score (nSPS) is 19.6. The minimum absolute atomic E-state index is 2.99. The molecule has 68 valence electrons. The average Bonchev–Trinajstić information content (AvgIpc) is 1.58. The van der Waals surface area contributed by atoms with Gasteiger partial charge in [-0.3, -0.25) is 0 Å². The molecule has 0 radical (unpaired) electrons. The molecular formula is C3Cl5F3. The highest BCUT2D eigenvalue weighted by Crippen LogP contribution is 2.53. The second-order valence-corrected chi connectivity index (χ2v) is 4.85. The van der Waals surface area contributed by atoms with E-state index in [0.717, 1.165) is 0 Å². The molecule has 0 aliphatic rings. The van der Waals surface area contributed by atoms with Crippen molar-refractivity contribution in [1.82, 2.24) is 0 Å². The third-order valence-corrected chi connectivity index (χ3v) is 2.66. The van der Waals surface area contributed by atoms with Crippen LogP contribution in [0.2, 0.25) is 0 Å². The zero-order chi connectivity index (χ0) is 9.50. The first kappa shape index (κ1) is 12.2. The van der Waals surface area contributed by atoms with Gasteiger partial charge >= 0.3 is 10.5 Å². The second-order valence-electron chi connectivity index (χ2n) is 1.57. The Bertz CT molecular complexity index is 128. The summed E-state index contributed by atoms with van der Waals surface area (Å²) in [4.78, 5) is 0. The van der Waals surface area contributed by atoms with E-state index in [9.17, 15) is 13.2 Å². The van der Waals surface area contributed by atoms with Crippen LogP contribution in [0.1, 0.15) is 0 Å². The van der Waals surface area contributed by atoms with E-state index >= 15 is 0 Å². The molecule has 0 aliphatic carbocycles. The van der Waals surface area contributed by atoms with Crippen molar-refractivity contribution in [2.24, 2.45) is 0 Å². The lowest BCUT2D eigenvalue weighted by atomic mass is 10.4. The Morgan fingerprint density at radius 3 is 1.00 bits per heavy atom. The number of hydrogen-bond donors (Lipinski definition) is 0. The zero-order valence-corrected chi connectivity index (χ0v) is 8.30. The number of hydrogen-bond acceptors (Lipinski definition) is 0. The van der Waals surface area contributed by atoms with E-state index in [1.54, 1.807) is 0 Å². The quantitative estimate of drug-likeness (QED) is 0.629. The van der Waals surface area contributed by atoms with Crippen LogP contribution in [0.4, 0.5) is 13.2 Å². The average molecular weight is 270 g/mol. The maximum absolute atomic E-state index is 12.6. The molecule has 0 saturated heterocycles. The van der Waals surface area contributed by atoms with Gasteiger partial charge in [-0.2, -0.15) is 8.78 Å². The lowest BCUT2D eigenvalue weighted by Gasteiger charge is -2.28. The van der Waals surface area contributed by atoms with Gasteiger partial charge in [-0.05, 0) is 11.6 Å². The van der Waals surface area contributed by atoms with Gasteiger partial charge in [-0.1, -0.05) is 46.4 Å². The minimum atomic E-state index is -4.44. The van der Waals surface area contributed by atoms with Crippen LogP contribution in [0.15, 0.2) is 0 Å². The van der Waals surface area contributed by atoms with E-state index in [4.69, 9.17) is 34.8 Å². The van der Waals surface area contributed by atoms with Gasteiger partial charge in [0.1, 0.15) is 0 Å². The molecule has 0 unspecified atom stereocenters. The van der Waals surface area contributed by atoms with Crippen LogP contribution in [0.5, 0.6) is 0 Å². The van der Waals surface area contributed by atoms with E-state index < -0.39 is 14.3 Å². The Labute approximate surface area is 85.5 Å². The molecule has 1 atom stereocenters. The molecule has 11 heavy (non-hydrogen) atoms. The molecule has 0 saturated carbocycles. The van der Waals surface area contributed by atoms with E-state index in [-0.39, 0.29) is 0 Å². The summed E-state index contributed by atoms with van der Waals surface area (Å²) >= 11 is 23.1. The van der Waals surface area contributed by atoms with Gasteiger partial charge in [0.05, 0.1) is 0 Å². The Balaban J connectivity index is 4.75. The highest BCUT2D eigenvalue weighted by Gasteiger charge is 2.65. The molecule has 0 aliphatic heterocycles. The summed E-state index contributed by atoms with van der Waals surface area (Å²) in [6.07, 6.45) is 0. The molecule has 0 aromatic carbocycles. The van der Waals surface area contributed by atoms with Crippen LogP contribution in [-0.4, -0.2) is 14.3 Å². The van der Waals surface area contributed by atoms with Crippen molar-refractivity contribution < 1.29 is 13.2 Å². The first-order chi connectivity index (χ1) is 4.50. The van der Waals surface area contributed by atoms with E-state index in [2.05, 4.69) is 23.2 Å². The first-order valence-electron chi connectivity index (χ1n) is 2.01. The number of alkyl halides is 8. The van der Waals surface area contributed by atoms with Gasteiger partial charge in [0.25, 0.3) is 0 Å². The summed E-state index contributed by atoms with van der Waals surface area (Å²) in [7, 11) is 0. The van der Waals surface area contributed by atoms with Crippen LogP contribution in [0.3, 0.4) is 0 Å². The van der Waals surface area contributed by atoms with Crippen molar-refractivity contribution in [3.05, 3.63) is 0 Å². The molecule has 8 heteroatoms. The molecule has 0 amide bonds. The molecule has 0 aromatic heterocycles. The van der Waals surface area contributed by atoms with Crippen LogP contribution in [-0.2, 0) is 0 Å². The Morgan fingerprint density at radius 2 is 1.00 bits per heavy atom. The molecule has 0 N–H and O–H groups in total. The molecule has 0 bridgehead atoms. The van der Waals surface area contributed by atoms with Gasteiger partial charge in [0.2, 0.25) is 3.79 Å². The molecule has 0 spiro atoms. The monoisotopic (exact) mass is 268 g/mol. The fourth-order valence-electron chi connectivity index (χ4n) is 0.161. The minimum Gasteiger partial charge on any atom is -0.213 e. The maximum atomic E-state index is 12.6. The maximum Gasteiger partial charge on any atom is 0.373 e. The lowest BCUT2D eigenvalue weighted by Crippen LogP contribution is -2.45. The summed E-state index contributed by atoms with van der Waals surface area (Å²) in [6, 6.07) is 0. The van der Waals surface area contributed by atoms with E-state index in [1.807, 2.05) is 0 Å². The summed E-state index contributed by atoms with van der Waals surface area (Å²) in [5.74, 6) is 0. The Morgan fingerprint density at radius 1 is 0.727 bits per heavy atom. The topological polar surface area (TPSA) is 0 Å². The Kier molecular flexibility index (Phi) is 3.54. The highest BCUT2D eigenvalue weighted by molar-refractivity contribution is 6.71. The van der Waals surface area contributed by atoms with Crippen molar-refractivity contribution >= 4 is 58.0 Å². The molecule has 0 nitrogen and oxygen atoms in total. The van der Waals surface area contributed by atoms with Crippen molar-refractivity contribution in [3.8, 4) is 0 Å². The summed E-state index contributed by atoms with van der Waals surface area (Å²) in [5, 5.41) is -8.37. The number of rotatable bonds is 1. The molecule has 0 fully saturated rings. The largest absolute Gasteiger partial charge is 0.373 e. The first-order valence-corrected chi connectivity index (χ1v) is 3.90. The summed E-state index contributed by atoms with van der Waals surface area (Å²) in [5.41, 5.74) is 0. The lowest BCUT2D eigenvalue weighted by molar-refractivity contribution is -0.0173. The Hall–Kier alpha value is 1.24. The van der Waals surface area contributed by atoms with E-state index in [0.29, 0.717) is 0 Å². The number of halogens is 8. The van der Waals surface area contributed by atoms with Crippen molar-refractivity contribution in [2.75, 3.05) is 0 Å². The fraction of sp³-hybridized carbons (Fsp3) is 1.00. The van der Waals surface area contributed by atoms with Crippen LogP contribution in [0, 0.1) is 0 Å². The van der Waals surface area contributed by atoms with Gasteiger partial charge in [0.15, 0.2) is 0 Å². The smallest absolute Gasteiger partial charge is 0.213 e.